The summed E-state index contributed by atoms with van der Waals surface area (Å²) in [7, 11) is -3.85. The van der Waals surface area contributed by atoms with Crippen molar-refractivity contribution in [3.05, 3.63) is 57.5 Å². The molecule has 0 aliphatic heterocycles. The van der Waals surface area contributed by atoms with E-state index < -0.39 is 15.9 Å². The van der Waals surface area contributed by atoms with E-state index in [9.17, 15) is 13.2 Å². The zero-order valence-electron chi connectivity index (χ0n) is 15.6. The van der Waals surface area contributed by atoms with Gasteiger partial charge in [0.15, 0.2) is 0 Å². The molecule has 0 radical (unpaired) electrons. The van der Waals surface area contributed by atoms with Gasteiger partial charge in [-0.2, -0.15) is 4.31 Å². The van der Waals surface area contributed by atoms with Crippen LogP contribution in [0, 0.1) is 0 Å². The van der Waals surface area contributed by atoms with Gasteiger partial charge >= 0.3 is 0 Å². The number of nitrogens with zero attached hydrogens (tertiary/aromatic N) is 1. The van der Waals surface area contributed by atoms with E-state index in [-0.39, 0.29) is 17.5 Å². The Hall–Kier alpha value is -1.31. The summed E-state index contributed by atoms with van der Waals surface area (Å²) in [5, 5.41) is 3.83. The van der Waals surface area contributed by atoms with Crippen molar-refractivity contribution >= 4 is 56.4 Å². The SMILES string of the molecule is O=C(CN(C1CCCCC1)S(=O)(=O)c1ccc(Cl)cc1)Nc1ccc(Cl)c(Cl)c1. The number of hydrogen-bond acceptors (Lipinski definition) is 3. The fourth-order valence-corrected chi connectivity index (χ4v) is 5.50. The van der Waals surface area contributed by atoms with Gasteiger partial charge in [-0.1, -0.05) is 54.1 Å². The molecule has 1 aliphatic carbocycles. The first-order chi connectivity index (χ1) is 13.8. The van der Waals surface area contributed by atoms with Crippen molar-refractivity contribution in [3.8, 4) is 0 Å². The Kier molecular flexibility index (Phi) is 7.46. The number of amides is 1. The van der Waals surface area contributed by atoms with Crippen molar-refractivity contribution in [2.24, 2.45) is 0 Å². The fraction of sp³-hybridized carbons (Fsp3) is 0.350. The number of benzene rings is 2. The van der Waals surface area contributed by atoms with E-state index in [1.54, 1.807) is 12.1 Å². The van der Waals surface area contributed by atoms with E-state index in [1.807, 2.05) is 0 Å². The standard InChI is InChI=1S/C20H21Cl3N2O3S/c21-14-6-9-17(10-7-14)29(27,28)25(16-4-2-1-3-5-16)13-20(26)24-15-8-11-18(22)19(23)12-15/h6-12,16H,1-5,13H2,(H,24,26). The van der Waals surface area contributed by atoms with Gasteiger partial charge in [0.25, 0.3) is 0 Å². The molecule has 9 heteroatoms. The molecule has 1 N–H and O–H groups in total. The molecule has 1 saturated carbocycles. The summed E-state index contributed by atoms with van der Waals surface area (Å²) in [6.45, 7) is -0.282. The highest BCUT2D eigenvalue weighted by Gasteiger charge is 2.34. The van der Waals surface area contributed by atoms with Crippen LogP contribution >= 0.6 is 34.8 Å². The molecule has 156 valence electrons. The molecule has 0 atom stereocenters. The van der Waals surface area contributed by atoms with Crippen molar-refractivity contribution in [1.29, 1.82) is 0 Å². The predicted molar refractivity (Wildman–Crippen MR) is 117 cm³/mol. The topological polar surface area (TPSA) is 66.5 Å². The van der Waals surface area contributed by atoms with Crippen LogP contribution in [0.2, 0.25) is 15.1 Å². The van der Waals surface area contributed by atoms with Crippen molar-refractivity contribution in [1.82, 2.24) is 4.31 Å². The molecule has 0 bridgehead atoms. The number of anilines is 1. The number of carbonyl (C=O) groups is 1. The molecule has 3 rings (SSSR count). The summed E-state index contributed by atoms with van der Waals surface area (Å²) in [6, 6.07) is 10.5. The van der Waals surface area contributed by atoms with Gasteiger partial charge in [0, 0.05) is 16.8 Å². The highest BCUT2D eigenvalue weighted by molar-refractivity contribution is 7.89. The van der Waals surface area contributed by atoms with Crippen molar-refractivity contribution in [2.45, 2.75) is 43.0 Å². The lowest BCUT2D eigenvalue weighted by Crippen LogP contribution is -2.45. The van der Waals surface area contributed by atoms with Gasteiger partial charge in [-0.15, -0.1) is 0 Å². The molecular weight excluding hydrogens is 455 g/mol. The number of nitrogens with one attached hydrogen (secondary N) is 1. The van der Waals surface area contributed by atoms with Crippen LogP contribution < -0.4 is 5.32 Å². The highest BCUT2D eigenvalue weighted by Crippen LogP contribution is 2.29. The maximum absolute atomic E-state index is 13.3. The van der Waals surface area contributed by atoms with Gasteiger partial charge in [-0.25, -0.2) is 8.42 Å². The van der Waals surface area contributed by atoms with Crippen LogP contribution in [0.15, 0.2) is 47.4 Å². The molecule has 1 amide bonds. The van der Waals surface area contributed by atoms with Crippen LogP contribution in [-0.2, 0) is 14.8 Å². The van der Waals surface area contributed by atoms with E-state index in [1.165, 1.54) is 34.6 Å². The van der Waals surface area contributed by atoms with Gasteiger partial charge in [0.2, 0.25) is 15.9 Å². The Morgan fingerprint density at radius 2 is 1.62 bits per heavy atom. The zero-order valence-corrected chi connectivity index (χ0v) is 18.7. The van der Waals surface area contributed by atoms with Gasteiger partial charge in [0.05, 0.1) is 21.5 Å². The number of halogens is 3. The maximum Gasteiger partial charge on any atom is 0.243 e. The number of sulfonamides is 1. The van der Waals surface area contributed by atoms with Gasteiger partial charge < -0.3 is 5.32 Å². The molecule has 0 heterocycles. The van der Waals surface area contributed by atoms with Gasteiger partial charge in [-0.05, 0) is 55.3 Å². The number of carbonyl (C=O) groups excluding carboxylic acids is 1. The van der Waals surface area contributed by atoms with Crippen LogP contribution in [0.3, 0.4) is 0 Å². The lowest BCUT2D eigenvalue weighted by Gasteiger charge is -2.33. The third kappa shape index (κ3) is 5.64. The second-order valence-corrected chi connectivity index (χ2v) is 10.1. The lowest BCUT2D eigenvalue weighted by molar-refractivity contribution is -0.116. The first-order valence-electron chi connectivity index (χ1n) is 9.29. The molecule has 29 heavy (non-hydrogen) atoms. The zero-order chi connectivity index (χ0) is 21.0. The second-order valence-electron chi connectivity index (χ2n) is 6.97. The highest BCUT2D eigenvalue weighted by atomic mass is 35.5. The summed E-state index contributed by atoms with van der Waals surface area (Å²) in [5.41, 5.74) is 0.455. The van der Waals surface area contributed by atoms with Crippen molar-refractivity contribution in [3.63, 3.8) is 0 Å². The maximum atomic E-state index is 13.3. The average Bonchev–Trinajstić information content (AvgIpc) is 2.70. The lowest BCUT2D eigenvalue weighted by atomic mass is 9.95. The summed E-state index contributed by atoms with van der Waals surface area (Å²) < 4.78 is 27.9. The first kappa shape index (κ1) is 22.4. The van der Waals surface area contributed by atoms with Crippen LogP contribution in [0.25, 0.3) is 0 Å². The quantitative estimate of drug-likeness (QED) is 0.590. The van der Waals surface area contributed by atoms with Crippen LogP contribution in [0.4, 0.5) is 5.69 Å². The minimum Gasteiger partial charge on any atom is -0.325 e. The molecule has 0 unspecified atom stereocenters. The normalized spacial score (nSPS) is 15.4. The molecule has 0 spiro atoms. The monoisotopic (exact) mass is 474 g/mol. The molecular formula is C20H21Cl3N2O3S. The molecule has 2 aromatic carbocycles. The minimum absolute atomic E-state index is 0.120. The largest absolute Gasteiger partial charge is 0.325 e. The first-order valence-corrected chi connectivity index (χ1v) is 11.9. The Labute approximate surface area is 186 Å². The Bertz CT molecular complexity index is 975. The van der Waals surface area contributed by atoms with E-state index >= 15 is 0 Å². The minimum atomic E-state index is -3.85. The molecule has 0 aromatic heterocycles. The van der Waals surface area contributed by atoms with Crippen LogP contribution in [0.5, 0.6) is 0 Å². The molecule has 2 aromatic rings. The molecule has 5 nitrogen and oxygen atoms in total. The van der Waals surface area contributed by atoms with E-state index in [2.05, 4.69) is 5.32 Å². The van der Waals surface area contributed by atoms with Gasteiger partial charge in [-0.3, -0.25) is 4.79 Å². The van der Waals surface area contributed by atoms with Crippen LogP contribution in [-0.4, -0.2) is 31.2 Å². The summed E-state index contributed by atoms with van der Waals surface area (Å²) in [5.74, 6) is -0.438. The van der Waals surface area contributed by atoms with E-state index in [0.29, 0.717) is 20.8 Å². The van der Waals surface area contributed by atoms with Gasteiger partial charge in [0.1, 0.15) is 0 Å². The third-order valence-corrected chi connectivity index (χ3v) is 7.81. The predicted octanol–water partition coefficient (Wildman–Crippen LogP) is 5.61. The number of hydrogen-bond donors (Lipinski definition) is 1. The fourth-order valence-electron chi connectivity index (χ4n) is 3.44. The smallest absolute Gasteiger partial charge is 0.243 e. The average molecular weight is 476 g/mol. The van der Waals surface area contributed by atoms with Crippen molar-refractivity contribution < 1.29 is 13.2 Å². The Morgan fingerprint density at radius 1 is 0.966 bits per heavy atom. The number of rotatable bonds is 6. The third-order valence-electron chi connectivity index (χ3n) is 4.90. The molecule has 1 aliphatic rings. The summed E-state index contributed by atoms with van der Waals surface area (Å²) in [6.07, 6.45) is 4.40. The Balaban J connectivity index is 1.84. The Morgan fingerprint density at radius 3 is 2.24 bits per heavy atom. The summed E-state index contributed by atoms with van der Waals surface area (Å²) in [4.78, 5) is 12.8. The molecule has 1 fully saturated rings. The second kappa shape index (κ2) is 9.67. The van der Waals surface area contributed by atoms with E-state index in [0.717, 1.165) is 32.1 Å². The van der Waals surface area contributed by atoms with Crippen molar-refractivity contribution in [2.75, 3.05) is 11.9 Å². The van der Waals surface area contributed by atoms with Crippen LogP contribution in [0.1, 0.15) is 32.1 Å². The van der Waals surface area contributed by atoms with E-state index in [4.69, 9.17) is 34.8 Å². The molecule has 0 saturated heterocycles. The summed E-state index contributed by atoms with van der Waals surface area (Å²) >= 11 is 17.8.